The van der Waals surface area contributed by atoms with Gasteiger partial charge in [-0.2, -0.15) is 0 Å². The second-order valence-electron chi connectivity index (χ2n) is 7.49. The number of carbonyl (C=O) groups excluding carboxylic acids is 2. The molecule has 2 aromatic rings. The van der Waals surface area contributed by atoms with Crippen LogP contribution in [-0.4, -0.2) is 56.7 Å². The van der Waals surface area contributed by atoms with Crippen molar-refractivity contribution < 1.29 is 14.3 Å². The maximum Gasteiger partial charge on any atom is 0.322 e. The second-order valence-corrected chi connectivity index (χ2v) is 7.49. The van der Waals surface area contributed by atoms with Crippen LogP contribution in [0.3, 0.4) is 0 Å². The fourth-order valence-electron chi connectivity index (χ4n) is 4.27. The third kappa shape index (κ3) is 3.65. The van der Waals surface area contributed by atoms with E-state index in [9.17, 15) is 9.59 Å². The normalized spacial score (nSPS) is 21.4. The first-order chi connectivity index (χ1) is 14.1. The summed E-state index contributed by atoms with van der Waals surface area (Å²) in [5.41, 5.74) is 8.39. The van der Waals surface area contributed by atoms with Crippen molar-refractivity contribution in [1.29, 1.82) is 0 Å². The minimum Gasteiger partial charge on any atom is -0.495 e. The molecule has 0 spiro atoms. The van der Waals surface area contributed by atoms with Crippen LogP contribution in [0.15, 0.2) is 48.5 Å². The van der Waals surface area contributed by atoms with Crippen LogP contribution >= 0.6 is 0 Å². The Kier molecular flexibility index (Phi) is 5.40. The number of benzene rings is 2. The number of ether oxygens (including phenoxy) is 1. The summed E-state index contributed by atoms with van der Waals surface area (Å²) in [6, 6.07) is 15.3. The Morgan fingerprint density at radius 1 is 1.21 bits per heavy atom. The number of methoxy groups -OCH3 is 1. The van der Waals surface area contributed by atoms with E-state index in [4.69, 9.17) is 10.5 Å². The Bertz CT molecular complexity index is 902. The molecule has 2 aliphatic heterocycles. The molecule has 0 aliphatic carbocycles. The number of anilines is 1. The predicted molar refractivity (Wildman–Crippen MR) is 111 cm³/mol. The van der Waals surface area contributed by atoms with E-state index >= 15 is 0 Å². The molecule has 29 heavy (non-hydrogen) atoms. The molecule has 4 rings (SSSR count). The first-order valence-corrected chi connectivity index (χ1v) is 9.90. The van der Waals surface area contributed by atoms with E-state index in [2.05, 4.69) is 17.4 Å². The van der Waals surface area contributed by atoms with Gasteiger partial charge in [-0.15, -0.1) is 0 Å². The lowest BCUT2D eigenvalue weighted by molar-refractivity contribution is 0.0786. The summed E-state index contributed by atoms with van der Waals surface area (Å²) in [5, 5.41) is 2.78. The van der Waals surface area contributed by atoms with Gasteiger partial charge in [0.25, 0.3) is 5.91 Å². The van der Waals surface area contributed by atoms with Crippen molar-refractivity contribution in [2.75, 3.05) is 44.7 Å². The number of nitrogens with zero attached hydrogens (tertiary/aromatic N) is 2. The van der Waals surface area contributed by atoms with Gasteiger partial charge in [0.2, 0.25) is 0 Å². The largest absolute Gasteiger partial charge is 0.495 e. The summed E-state index contributed by atoms with van der Waals surface area (Å²) in [7, 11) is 1.56. The summed E-state index contributed by atoms with van der Waals surface area (Å²) in [4.78, 5) is 28.8. The molecule has 2 aliphatic rings. The smallest absolute Gasteiger partial charge is 0.322 e. The van der Waals surface area contributed by atoms with Crippen LogP contribution < -0.4 is 20.7 Å². The third-order valence-electron chi connectivity index (χ3n) is 5.83. The van der Waals surface area contributed by atoms with Crippen LogP contribution in [0.2, 0.25) is 0 Å². The first kappa shape index (κ1) is 19.3. The minimum atomic E-state index is -0.179. The average Bonchev–Trinajstić information content (AvgIpc) is 3.39. The van der Waals surface area contributed by atoms with Crippen LogP contribution in [0.4, 0.5) is 10.5 Å². The van der Waals surface area contributed by atoms with Crippen LogP contribution in [-0.2, 0) is 0 Å². The maximum absolute atomic E-state index is 13.3. The van der Waals surface area contributed by atoms with Gasteiger partial charge >= 0.3 is 6.03 Å². The van der Waals surface area contributed by atoms with E-state index in [0.29, 0.717) is 49.7 Å². The molecule has 0 radical (unpaired) electrons. The van der Waals surface area contributed by atoms with Crippen molar-refractivity contribution in [3.05, 3.63) is 59.7 Å². The average molecular weight is 394 g/mol. The number of rotatable bonds is 5. The summed E-state index contributed by atoms with van der Waals surface area (Å²) >= 11 is 0. The van der Waals surface area contributed by atoms with Crippen LogP contribution in [0.1, 0.15) is 21.8 Å². The number of amides is 3. The molecule has 2 atom stereocenters. The quantitative estimate of drug-likeness (QED) is 0.812. The summed E-state index contributed by atoms with van der Waals surface area (Å²) < 4.78 is 5.41. The zero-order valence-corrected chi connectivity index (χ0v) is 16.5. The van der Waals surface area contributed by atoms with Gasteiger partial charge in [0.1, 0.15) is 5.75 Å². The van der Waals surface area contributed by atoms with Crippen molar-refractivity contribution in [3.63, 3.8) is 0 Å². The minimum absolute atomic E-state index is 0.0506. The fraction of sp³-hybridized carbons (Fsp3) is 0.364. The zero-order chi connectivity index (χ0) is 20.4. The van der Waals surface area contributed by atoms with Gasteiger partial charge in [0, 0.05) is 37.7 Å². The standard InChI is InChI=1S/C22H26N4O3/c1-29-20-8-7-16(11-19(20)26-10-9-24-22(26)28)21(27)25-13-17(12-23)18(14-25)15-5-3-2-4-6-15/h2-8,11,17-18H,9-10,12-14,23H2,1H3,(H,24,28)/t17-,18+/m1/s1. The molecule has 3 amide bonds. The molecule has 7 heteroatoms. The Labute approximate surface area is 170 Å². The van der Waals surface area contributed by atoms with Crippen LogP contribution in [0.5, 0.6) is 5.75 Å². The number of hydrogen-bond acceptors (Lipinski definition) is 4. The van der Waals surface area contributed by atoms with Gasteiger partial charge in [-0.1, -0.05) is 30.3 Å². The summed E-state index contributed by atoms with van der Waals surface area (Å²) in [6.07, 6.45) is 0. The molecule has 2 heterocycles. The highest BCUT2D eigenvalue weighted by Gasteiger charge is 2.36. The Morgan fingerprint density at radius 2 is 2.00 bits per heavy atom. The van der Waals surface area contributed by atoms with E-state index in [1.54, 1.807) is 30.2 Å². The Hall–Kier alpha value is -3.06. The molecule has 0 bridgehead atoms. The summed E-state index contributed by atoms with van der Waals surface area (Å²) in [6.45, 7) is 2.91. The fourth-order valence-corrected chi connectivity index (χ4v) is 4.27. The van der Waals surface area contributed by atoms with E-state index in [0.717, 1.165) is 0 Å². The zero-order valence-electron chi connectivity index (χ0n) is 16.5. The van der Waals surface area contributed by atoms with Crippen molar-refractivity contribution in [3.8, 4) is 5.75 Å². The number of hydrogen-bond donors (Lipinski definition) is 2. The van der Waals surface area contributed by atoms with E-state index in [1.165, 1.54) is 5.56 Å². The van der Waals surface area contributed by atoms with E-state index in [-0.39, 0.29) is 23.8 Å². The first-order valence-electron chi connectivity index (χ1n) is 9.90. The molecule has 2 saturated heterocycles. The number of nitrogens with one attached hydrogen (secondary N) is 1. The second kappa shape index (κ2) is 8.13. The lowest BCUT2D eigenvalue weighted by Crippen LogP contribution is -2.31. The molecule has 0 saturated carbocycles. The molecule has 0 aromatic heterocycles. The van der Waals surface area contributed by atoms with Gasteiger partial charge < -0.3 is 20.7 Å². The van der Waals surface area contributed by atoms with Gasteiger partial charge in [0.05, 0.1) is 12.8 Å². The summed E-state index contributed by atoms with van der Waals surface area (Å²) in [5.74, 6) is 0.975. The SMILES string of the molecule is COc1ccc(C(=O)N2C[C@@H](CN)[C@H](c3ccccc3)C2)cc1N1CCNC1=O. The van der Waals surface area contributed by atoms with Gasteiger partial charge in [0.15, 0.2) is 0 Å². The lowest BCUT2D eigenvalue weighted by Gasteiger charge is -2.21. The van der Waals surface area contributed by atoms with Crippen molar-refractivity contribution in [2.45, 2.75) is 5.92 Å². The monoisotopic (exact) mass is 394 g/mol. The molecule has 2 aromatic carbocycles. The molecule has 0 unspecified atom stereocenters. The number of urea groups is 1. The van der Waals surface area contributed by atoms with Crippen LogP contribution in [0.25, 0.3) is 0 Å². The van der Waals surface area contributed by atoms with Crippen molar-refractivity contribution >= 4 is 17.6 Å². The highest BCUT2D eigenvalue weighted by Crippen LogP contribution is 2.35. The van der Waals surface area contributed by atoms with Gasteiger partial charge in [-0.3, -0.25) is 9.69 Å². The predicted octanol–water partition coefficient (Wildman–Crippen LogP) is 2.04. The molecular formula is C22H26N4O3. The van der Waals surface area contributed by atoms with E-state index < -0.39 is 0 Å². The lowest BCUT2D eigenvalue weighted by atomic mass is 9.89. The van der Waals surface area contributed by atoms with Gasteiger partial charge in [-0.05, 0) is 36.2 Å². The topological polar surface area (TPSA) is 87.9 Å². The number of nitrogens with two attached hydrogens (primary N) is 1. The Balaban J connectivity index is 1.59. The van der Waals surface area contributed by atoms with E-state index in [1.807, 2.05) is 23.1 Å². The number of likely N-dealkylation sites (tertiary alicyclic amines) is 1. The molecule has 3 N–H and O–H groups in total. The molecule has 7 nitrogen and oxygen atoms in total. The number of carbonyl (C=O) groups is 2. The molecule has 2 fully saturated rings. The Morgan fingerprint density at radius 3 is 2.66 bits per heavy atom. The molecular weight excluding hydrogens is 368 g/mol. The van der Waals surface area contributed by atoms with Crippen molar-refractivity contribution in [1.82, 2.24) is 10.2 Å². The highest BCUT2D eigenvalue weighted by molar-refractivity contribution is 6.00. The van der Waals surface area contributed by atoms with Crippen molar-refractivity contribution in [2.24, 2.45) is 11.7 Å². The molecule has 152 valence electrons. The third-order valence-corrected chi connectivity index (χ3v) is 5.83. The van der Waals surface area contributed by atoms with Gasteiger partial charge in [-0.25, -0.2) is 4.79 Å². The van der Waals surface area contributed by atoms with Crippen LogP contribution in [0, 0.1) is 5.92 Å². The highest BCUT2D eigenvalue weighted by atomic mass is 16.5. The maximum atomic E-state index is 13.3.